The Morgan fingerprint density at radius 3 is 2.23 bits per heavy atom. The summed E-state index contributed by atoms with van der Waals surface area (Å²) in [4.78, 5) is 52.3. The van der Waals surface area contributed by atoms with Crippen molar-refractivity contribution in [3.05, 3.63) is 35.4 Å². The van der Waals surface area contributed by atoms with Gasteiger partial charge in [-0.3, -0.25) is 9.59 Å². The zero-order valence-electron chi connectivity index (χ0n) is 14.7. The molecule has 0 atom stereocenters. The first-order valence-corrected chi connectivity index (χ1v) is 9.08. The minimum Gasteiger partial charge on any atom is -0.444 e. The molecule has 0 unspecified atom stereocenters. The first-order valence-electron chi connectivity index (χ1n) is 7.92. The van der Waals surface area contributed by atoms with Gasteiger partial charge >= 0.3 is 12.1 Å². The van der Waals surface area contributed by atoms with Crippen LogP contribution < -0.4 is 5.32 Å². The second-order valence-electron chi connectivity index (χ2n) is 6.39. The van der Waals surface area contributed by atoms with Gasteiger partial charge in [0.05, 0.1) is 16.9 Å². The molecule has 1 aromatic carbocycles. The van der Waals surface area contributed by atoms with E-state index in [1.165, 1.54) is 23.9 Å². The van der Waals surface area contributed by atoms with Crippen molar-refractivity contribution in [3.63, 3.8) is 0 Å². The number of imide groups is 1. The van der Waals surface area contributed by atoms with Gasteiger partial charge in [0.25, 0.3) is 11.8 Å². The van der Waals surface area contributed by atoms with Crippen LogP contribution in [0.2, 0.25) is 0 Å². The highest BCUT2D eigenvalue weighted by atomic mass is 32.2. The zero-order valence-corrected chi connectivity index (χ0v) is 15.6. The lowest BCUT2D eigenvalue weighted by Crippen LogP contribution is -2.34. The molecule has 0 aromatic heterocycles. The number of hydroxylamine groups is 2. The molecule has 0 spiro atoms. The number of ether oxygens (including phenoxy) is 1. The van der Waals surface area contributed by atoms with Gasteiger partial charge in [-0.05, 0) is 32.9 Å². The highest BCUT2D eigenvalue weighted by Gasteiger charge is 2.38. The molecule has 1 aromatic rings. The Morgan fingerprint density at radius 1 is 1.12 bits per heavy atom. The molecule has 0 aliphatic carbocycles. The molecular weight excluding hydrogens is 360 g/mol. The van der Waals surface area contributed by atoms with Gasteiger partial charge in [0.2, 0.25) is 0 Å². The second-order valence-corrected chi connectivity index (χ2v) is 7.50. The first-order chi connectivity index (χ1) is 12.2. The number of carbonyl (C=O) groups is 4. The molecule has 2 rings (SSSR count). The minimum absolute atomic E-state index is 0.0661. The summed E-state index contributed by atoms with van der Waals surface area (Å²) >= 11 is 1.20. The van der Waals surface area contributed by atoms with E-state index in [0.29, 0.717) is 17.4 Å². The highest BCUT2D eigenvalue weighted by Crippen LogP contribution is 2.22. The van der Waals surface area contributed by atoms with Gasteiger partial charge in [-0.15, -0.1) is 11.8 Å². The summed E-state index contributed by atoms with van der Waals surface area (Å²) in [6.45, 7) is 5.59. The number of amides is 3. The van der Waals surface area contributed by atoms with Crippen molar-refractivity contribution in [2.75, 3.05) is 18.1 Å². The van der Waals surface area contributed by atoms with Gasteiger partial charge in [-0.1, -0.05) is 17.2 Å². The maximum absolute atomic E-state index is 12.1. The Hall–Kier alpha value is -2.55. The highest BCUT2D eigenvalue weighted by molar-refractivity contribution is 7.99. The zero-order chi connectivity index (χ0) is 19.3. The van der Waals surface area contributed by atoms with E-state index in [1.807, 2.05) is 0 Å². The lowest BCUT2D eigenvalue weighted by atomic mass is 10.1. The smallest absolute Gasteiger partial charge is 0.407 e. The van der Waals surface area contributed by atoms with Crippen molar-refractivity contribution < 1.29 is 28.8 Å². The Labute approximate surface area is 155 Å². The molecular formula is C17H20N2O6S. The van der Waals surface area contributed by atoms with E-state index < -0.39 is 29.5 Å². The first kappa shape index (κ1) is 19.8. The van der Waals surface area contributed by atoms with Gasteiger partial charge in [-0.25, -0.2) is 9.59 Å². The van der Waals surface area contributed by atoms with Crippen molar-refractivity contribution in [2.45, 2.75) is 26.4 Å². The lowest BCUT2D eigenvalue weighted by Gasteiger charge is -2.19. The van der Waals surface area contributed by atoms with Crippen LogP contribution in [-0.4, -0.2) is 52.6 Å². The number of fused-ring (bicyclic) bond motifs is 1. The van der Waals surface area contributed by atoms with E-state index in [-0.39, 0.29) is 16.9 Å². The number of hydrogen-bond acceptors (Lipinski definition) is 7. The fraction of sp³-hybridized carbons (Fsp3) is 0.412. The van der Waals surface area contributed by atoms with Gasteiger partial charge in [0.1, 0.15) is 5.60 Å². The number of carbonyl (C=O) groups excluding carboxylic acids is 4. The number of hydrogen-bond donors (Lipinski definition) is 1. The van der Waals surface area contributed by atoms with Crippen LogP contribution in [-0.2, 0) is 14.4 Å². The predicted octanol–water partition coefficient (Wildman–Crippen LogP) is 2.00. The monoisotopic (exact) mass is 380 g/mol. The van der Waals surface area contributed by atoms with E-state index in [4.69, 9.17) is 9.57 Å². The van der Waals surface area contributed by atoms with Crippen molar-refractivity contribution in [1.82, 2.24) is 10.4 Å². The van der Waals surface area contributed by atoms with Crippen LogP contribution in [0.15, 0.2) is 24.3 Å². The van der Waals surface area contributed by atoms with Crippen LogP contribution in [0.25, 0.3) is 0 Å². The molecule has 26 heavy (non-hydrogen) atoms. The SMILES string of the molecule is CC(C)(C)OC(=O)NCCSCC(=O)ON1C(=O)c2ccccc2C1=O. The number of benzene rings is 1. The maximum Gasteiger partial charge on any atom is 0.407 e. The van der Waals surface area contributed by atoms with Crippen molar-refractivity contribution in [1.29, 1.82) is 0 Å². The molecule has 140 valence electrons. The largest absolute Gasteiger partial charge is 0.444 e. The maximum atomic E-state index is 12.1. The molecule has 0 fully saturated rings. The lowest BCUT2D eigenvalue weighted by molar-refractivity contribution is -0.165. The molecule has 1 aliphatic rings. The molecule has 1 heterocycles. The van der Waals surface area contributed by atoms with Crippen LogP contribution in [0.4, 0.5) is 4.79 Å². The van der Waals surface area contributed by atoms with Crippen molar-refractivity contribution >= 4 is 35.6 Å². The van der Waals surface area contributed by atoms with Crippen LogP contribution in [0, 0.1) is 0 Å². The summed E-state index contributed by atoms with van der Waals surface area (Å²) in [5.41, 5.74) is -0.160. The van der Waals surface area contributed by atoms with Crippen molar-refractivity contribution in [3.8, 4) is 0 Å². The summed E-state index contributed by atoms with van der Waals surface area (Å²) in [6, 6.07) is 6.26. The summed E-state index contributed by atoms with van der Waals surface area (Å²) in [6.07, 6.45) is -0.535. The number of nitrogens with one attached hydrogen (secondary N) is 1. The Morgan fingerprint density at radius 2 is 1.69 bits per heavy atom. The molecule has 0 bridgehead atoms. The third kappa shape index (κ3) is 5.22. The predicted molar refractivity (Wildman–Crippen MR) is 94.6 cm³/mol. The topological polar surface area (TPSA) is 102 Å². The van der Waals surface area contributed by atoms with E-state index in [9.17, 15) is 19.2 Å². The fourth-order valence-corrected chi connectivity index (χ4v) is 2.68. The van der Waals surface area contributed by atoms with Gasteiger partial charge < -0.3 is 14.9 Å². The summed E-state index contributed by atoms with van der Waals surface area (Å²) < 4.78 is 5.08. The minimum atomic E-state index is -0.721. The van der Waals surface area contributed by atoms with Gasteiger partial charge in [0, 0.05) is 12.3 Å². The molecule has 3 amide bonds. The van der Waals surface area contributed by atoms with E-state index in [0.717, 1.165) is 0 Å². The average Bonchev–Trinajstić information content (AvgIpc) is 2.78. The number of thioether (sulfide) groups is 1. The number of nitrogens with zero attached hydrogens (tertiary/aromatic N) is 1. The second kappa shape index (κ2) is 8.22. The molecule has 8 nitrogen and oxygen atoms in total. The Kier molecular flexibility index (Phi) is 6.25. The Balaban J connectivity index is 1.70. The van der Waals surface area contributed by atoms with E-state index >= 15 is 0 Å². The number of alkyl carbamates (subject to hydrolysis) is 1. The van der Waals surface area contributed by atoms with Gasteiger partial charge in [-0.2, -0.15) is 0 Å². The number of rotatable bonds is 6. The normalized spacial score (nSPS) is 13.4. The van der Waals surface area contributed by atoms with Crippen LogP contribution in [0.3, 0.4) is 0 Å². The summed E-state index contributed by atoms with van der Waals surface area (Å²) in [7, 11) is 0. The van der Waals surface area contributed by atoms with E-state index in [1.54, 1.807) is 32.9 Å². The van der Waals surface area contributed by atoms with Crippen LogP contribution >= 0.6 is 11.8 Å². The molecule has 1 aliphatic heterocycles. The fourth-order valence-electron chi connectivity index (χ4n) is 2.07. The third-order valence-electron chi connectivity index (χ3n) is 3.08. The molecule has 1 N–H and O–H groups in total. The third-order valence-corrected chi connectivity index (χ3v) is 4.02. The van der Waals surface area contributed by atoms with E-state index in [2.05, 4.69) is 5.32 Å². The standard InChI is InChI=1S/C17H20N2O6S/c1-17(2,3)24-16(23)18-8-9-26-10-13(20)25-19-14(21)11-6-4-5-7-12(11)15(19)22/h4-7H,8-10H2,1-3H3,(H,18,23). The molecule has 0 radical (unpaired) electrons. The molecule has 0 saturated heterocycles. The van der Waals surface area contributed by atoms with Crippen molar-refractivity contribution in [2.24, 2.45) is 0 Å². The Bertz CT molecular complexity index is 693. The van der Waals surface area contributed by atoms with Crippen LogP contribution in [0.5, 0.6) is 0 Å². The van der Waals surface area contributed by atoms with Crippen LogP contribution in [0.1, 0.15) is 41.5 Å². The molecule has 0 saturated carbocycles. The summed E-state index contributed by atoms with van der Waals surface area (Å²) in [5.74, 6) is -1.66. The summed E-state index contributed by atoms with van der Waals surface area (Å²) in [5, 5.41) is 3.04. The average molecular weight is 380 g/mol. The quantitative estimate of drug-likeness (QED) is 0.595. The molecule has 9 heteroatoms. The van der Waals surface area contributed by atoms with Gasteiger partial charge in [0.15, 0.2) is 0 Å².